The quantitative estimate of drug-likeness (QED) is 0.714. The van der Waals surface area contributed by atoms with Gasteiger partial charge in [0.1, 0.15) is 0 Å². The van der Waals surface area contributed by atoms with Gasteiger partial charge in [-0.15, -0.1) is 16.7 Å². The smallest absolute Gasteiger partial charge is 0.171 e. The predicted octanol–water partition coefficient (Wildman–Crippen LogP) is 1.27. The highest BCUT2D eigenvalue weighted by atomic mass is 35.5. The van der Waals surface area contributed by atoms with Crippen molar-refractivity contribution in [3.05, 3.63) is 35.7 Å². The van der Waals surface area contributed by atoms with E-state index in [2.05, 4.69) is 15.5 Å². The molecule has 5 nitrogen and oxygen atoms in total. The Morgan fingerprint density at radius 2 is 2.07 bits per heavy atom. The zero-order valence-corrected chi connectivity index (χ0v) is 8.39. The minimum Gasteiger partial charge on any atom is -0.196 e. The van der Waals surface area contributed by atoms with E-state index in [4.69, 9.17) is 16.9 Å². The summed E-state index contributed by atoms with van der Waals surface area (Å²) in [7, 11) is 0. The molecule has 0 atom stereocenters. The van der Waals surface area contributed by atoms with E-state index in [1.54, 1.807) is 24.3 Å². The van der Waals surface area contributed by atoms with Crippen LogP contribution in [0.4, 0.5) is 0 Å². The van der Waals surface area contributed by atoms with Gasteiger partial charge in [-0.1, -0.05) is 0 Å². The van der Waals surface area contributed by atoms with Gasteiger partial charge in [0.05, 0.1) is 23.2 Å². The molecule has 1 heterocycles. The van der Waals surface area contributed by atoms with Crippen LogP contribution < -0.4 is 0 Å². The molecule has 0 bridgehead atoms. The van der Waals surface area contributed by atoms with Crippen molar-refractivity contribution >= 4 is 11.6 Å². The minimum absolute atomic E-state index is 0.243. The molecule has 0 unspecified atom stereocenters. The number of halogens is 1. The Bertz CT molecular complexity index is 496. The predicted molar refractivity (Wildman–Crippen MR) is 53.4 cm³/mol. The molecule has 1 aromatic heterocycles. The number of alkyl halides is 1. The molecule has 2 aromatic rings. The standard InChI is InChI=1S/C9H6ClN5/c10-5-9-12-13-14-15(9)8-3-1-7(6-11)2-4-8/h1-4H,5H2. The molecule has 6 heteroatoms. The molecule has 0 fully saturated rings. The van der Waals surface area contributed by atoms with Crippen molar-refractivity contribution in [1.82, 2.24) is 20.2 Å². The maximum atomic E-state index is 8.64. The van der Waals surface area contributed by atoms with Gasteiger partial charge in [-0.2, -0.15) is 9.94 Å². The average Bonchev–Trinajstić information content (AvgIpc) is 2.77. The Morgan fingerprint density at radius 3 is 2.67 bits per heavy atom. The van der Waals surface area contributed by atoms with Gasteiger partial charge in [-0.3, -0.25) is 0 Å². The van der Waals surface area contributed by atoms with Crippen LogP contribution in [0.2, 0.25) is 0 Å². The first-order valence-electron chi connectivity index (χ1n) is 4.19. The fourth-order valence-corrected chi connectivity index (χ4v) is 1.33. The lowest BCUT2D eigenvalue weighted by molar-refractivity contribution is 0.777. The first-order valence-corrected chi connectivity index (χ1v) is 4.72. The summed E-state index contributed by atoms with van der Waals surface area (Å²) in [6.45, 7) is 0. The van der Waals surface area contributed by atoms with Crippen LogP contribution in [0.5, 0.6) is 0 Å². The van der Waals surface area contributed by atoms with Crippen molar-refractivity contribution in [2.24, 2.45) is 0 Å². The van der Waals surface area contributed by atoms with E-state index in [0.717, 1.165) is 5.69 Å². The Hall–Kier alpha value is -1.93. The van der Waals surface area contributed by atoms with Crippen LogP contribution in [0.3, 0.4) is 0 Å². The van der Waals surface area contributed by atoms with Crippen LogP contribution in [-0.4, -0.2) is 20.2 Å². The number of rotatable bonds is 2. The van der Waals surface area contributed by atoms with Crippen molar-refractivity contribution in [1.29, 1.82) is 5.26 Å². The van der Waals surface area contributed by atoms with Crippen molar-refractivity contribution < 1.29 is 0 Å². The number of tetrazole rings is 1. The van der Waals surface area contributed by atoms with Crippen LogP contribution in [0.1, 0.15) is 11.4 Å². The molecule has 0 aliphatic rings. The molecular weight excluding hydrogens is 214 g/mol. The summed E-state index contributed by atoms with van der Waals surface area (Å²) in [5.74, 6) is 0.814. The van der Waals surface area contributed by atoms with Crippen LogP contribution in [0, 0.1) is 11.3 Å². The third kappa shape index (κ3) is 1.80. The van der Waals surface area contributed by atoms with Gasteiger partial charge in [0, 0.05) is 0 Å². The summed E-state index contributed by atoms with van der Waals surface area (Å²) in [4.78, 5) is 0. The summed E-state index contributed by atoms with van der Waals surface area (Å²) in [6, 6.07) is 8.99. The van der Waals surface area contributed by atoms with Crippen LogP contribution in [-0.2, 0) is 5.88 Å². The van der Waals surface area contributed by atoms with E-state index in [0.29, 0.717) is 11.4 Å². The third-order valence-corrected chi connectivity index (χ3v) is 2.13. The molecule has 0 N–H and O–H groups in total. The maximum Gasteiger partial charge on any atom is 0.171 e. The van der Waals surface area contributed by atoms with Crippen LogP contribution >= 0.6 is 11.6 Å². The highest BCUT2D eigenvalue weighted by Gasteiger charge is 2.06. The van der Waals surface area contributed by atoms with Gasteiger partial charge in [0.25, 0.3) is 0 Å². The molecule has 0 amide bonds. The van der Waals surface area contributed by atoms with E-state index in [1.807, 2.05) is 6.07 Å². The highest BCUT2D eigenvalue weighted by molar-refractivity contribution is 6.16. The molecule has 1 aromatic carbocycles. The number of nitrogens with zero attached hydrogens (tertiary/aromatic N) is 5. The Morgan fingerprint density at radius 1 is 1.33 bits per heavy atom. The zero-order valence-electron chi connectivity index (χ0n) is 7.63. The van der Waals surface area contributed by atoms with Gasteiger partial charge in [-0.25, -0.2) is 0 Å². The largest absolute Gasteiger partial charge is 0.196 e. The molecule has 15 heavy (non-hydrogen) atoms. The molecule has 0 aliphatic carbocycles. The molecular formula is C9H6ClN5. The fraction of sp³-hybridized carbons (Fsp3) is 0.111. The summed E-state index contributed by atoms with van der Waals surface area (Å²) in [5, 5.41) is 19.7. The molecule has 0 saturated heterocycles. The third-order valence-electron chi connectivity index (χ3n) is 1.89. The van der Waals surface area contributed by atoms with E-state index in [9.17, 15) is 0 Å². The number of aromatic nitrogens is 4. The van der Waals surface area contributed by atoms with E-state index in [1.165, 1.54) is 4.68 Å². The molecule has 0 aliphatic heterocycles. The van der Waals surface area contributed by atoms with Crippen molar-refractivity contribution in [2.75, 3.05) is 0 Å². The van der Waals surface area contributed by atoms with E-state index in [-0.39, 0.29) is 5.88 Å². The van der Waals surface area contributed by atoms with Crippen molar-refractivity contribution in [3.8, 4) is 11.8 Å². The highest BCUT2D eigenvalue weighted by Crippen LogP contribution is 2.10. The SMILES string of the molecule is N#Cc1ccc(-n2nnnc2CCl)cc1. The number of benzene rings is 1. The second-order valence-electron chi connectivity index (χ2n) is 2.80. The lowest BCUT2D eigenvalue weighted by Crippen LogP contribution is -2.01. The van der Waals surface area contributed by atoms with Gasteiger partial charge in [0.2, 0.25) is 0 Å². The topological polar surface area (TPSA) is 67.4 Å². The monoisotopic (exact) mass is 219 g/mol. The van der Waals surface area contributed by atoms with Crippen LogP contribution in [0.15, 0.2) is 24.3 Å². The Labute approximate surface area is 90.9 Å². The zero-order chi connectivity index (χ0) is 10.7. The minimum atomic E-state index is 0.243. The number of hydrogen-bond donors (Lipinski definition) is 0. The van der Waals surface area contributed by atoms with Gasteiger partial charge in [0.15, 0.2) is 5.82 Å². The summed E-state index contributed by atoms with van der Waals surface area (Å²) >= 11 is 5.67. The lowest BCUT2D eigenvalue weighted by atomic mass is 10.2. The molecule has 74 valence electrons. The number of hydrogen-bond acceptors (Lipinski definition) is 4. The first-order chi connectivity index (χ1) is 7.35. The maximum absolute atomic E-state index is 8.64. The Kier molecular flexibility index (Phi) is 2.61. The van der Waals surface area contributed by atoms with Gasteiger partial charge in [-0.05, 0) is 34.7 Å². The average molecular weight is 220 g/mol. The van der Waals surface area contributed by atoms with Gasteiger partial charge < -0.3 is 0 Å². The molecule has 0 saturated carbocycles. The van der Waals surface area contributed by atoms with E-state index < -0.39 is 0 Å². The molecule has 0 spiro atoms. The van der Waals surface area contributed by atoms with E-state index >= 15 is 0 Å². The summed E-state index contributed by atoms with van der Waals surface area (Å²) in [6.07, 6.45) is 0. The lowest BCUT2D eigenvalue weighted by Gasteiger charge is -2.01. The van der Waals surface area contributed by atoms with Crippen molar-refractivity contribution in [3.63, 3.8) is 0 Å². The fourth-order valence-electron chi connectivity index (χ4n) is 1.17. The van der Waals surface area contributed by atoms with Crippen LogP contribution in [0.25, 0.3) is 5.69 Å². The molecule has 2 rings (SSSR count). The Balaban J connectivity index is 2.42. The van der Waals surface area contributed by atoms with Gasteiger partial charge >= 0.3 is 0 Å². The normalized spacial score (nSPS) is 9.87. The van der Waals surface area contributed by atoms with Crippen molar-refractivity contribution in [2.45, 2.75) is 5.88 Å². The summed E-state index contributed by atoms with van der Waals surface area (Å²) in [5.41, 5.74) is 1.38. The summed E-state index contributed by atoms with van der Waals surface area (Å²) < 4.78 is 1.54. The second kappa shape index (κ2) is 4.07. The molecule has 0 radical (unpaired) electrons. The first kappa shape index (κ1) is 9.62. The second-order valence-corrected chi connectivity index (χ2v) is 3.07. The number of nitriles is 1.